The number of aliphatic hydroxyl groups is 1. The molecule has 1 atom stereocenters. The average Bonchev–Trinajstić information content (AvgIpc) is 2.17. The van der Waals surface area contributed by atoms with Crippen LogP contribution in [0.1, 0.15) is 33.6 Å². The Hall–Kier alpha value is -0.750. The first-order valence-corrected chi connectivity index (χ1v) is 5.54. The number of rotatable bonds is 2. The van der Waals surface area contributed by atoms with E-state index in [1.807, 2.05) is 20.8 Å². The normalized spacial score (nSPS) is 23.3. The largest absolute Gasteiger partial charge is 0.462 e. The van der Waals surface area contributed by atoms with Gasteiger partial charge in [0, 0.05) is 12.5 Å². The smallest absolute Gasteiger partial charge is 0.293 e. The lowest BCUT2D eigenvalue weighted by molar-refractivity contribution is -0.138. The van der Waals surface area contributed by atoms with Crippen LogP contribution in [0.5, 0.6) is 0 Å². The Morgan fingerprint density at radius 1 is 1.53 bits per heavy atom. The van der Waals surface area contributed by atoms with Crippen molar-refractivity contribution in [3.63, 3.8) is 0 Å². The number of hydrogen-bond acceptors (Lipinski definition) is 4. The minimum atomic E-state index is -2.56. The molecule has 0 aliphatic carbocycles. The fourth-order valence-electron chi connectivity index (χ4n) is 1.17. The highest BCUT2D eigenvalue weighted by Gasteiger charge is 2.34. The summed E-state index contributed by atoms with van der Waals surface area (Å²) >= 11 is 0. The van der Waals surface area contributed by atoms with Gasteiger partial charge in [0.25, 0.3) is 12.4 Å². The quantitative estimate of drug-likeness (QED) is 0.729. The highest BCUT2D eigenvalue weighted by atomic mass is 19.3. The van der Waals surface area contributed by atoms with E-state index in [1.54, 1.807) is 0 Å². The molecule has 1 saturated heterocycles. The van der Waals surface area contributed by atoms with Crippen LogP contribution < -0.4 is 5.32 Å². The molecule has 2 N–H and O–H groups in total. The molecular weight excluding hydrogens is 232 g/mol. The highest BCUT2D eigenvalue weighted by Crippen LogP contribution is 2.24. The molecule has 1 aliphatic heterocycles. The van der Waals surface area contributed by atoms with Crippen molar-refractivity contribution < 1.29 is 23.4 Å². The van der Waals surface area contributed by atoms with Crippen molar-refractivity contribution in [2.45, 2.75) is 51.2 Å². The maximum atomic E-state index is 12.4. The second kappa shape index (κ2) is 6.86. The Morgan fingerprint density at radius 2 is 2.12 bits per heavy atom. The Bertz CT molecular complexity index is 219. The molecule has 0 bridgehead atoms. The first-order chi connectivity index (χ1) is 7.70. The third-order valence-electron chi connectivity index (χ3n) is 2.13. The molecule has 6 heteroatoms. The van der Waals surface area contributed by atoms with Gasteiger partial charge in [-0.05, 0) is 27.2 Å². The summed E-state index contributed by atoms with van der Waals surface area (Å²) in [6, 6.07) is -0.125. The van der Waals surface area contributed by atoms with Crippen LogP contribution >= 0.6 is 0 Å². The van der Waals surface area contributed by atoms with Gasteiger partial charge in [-0.3, -0.25) is 4.79 Å². The summed E-state index contributed by atoms with van der Waals surface area (Å²) in [5.41, 5.74) is -0.318. The van der Waals surface area contributed by atoms with Crippen molar-refractivity contribution in [2.24, 2.45) is 0 Å². The number of ether oxygens (including phenoxy) is 1. The van der Waals surface area contributed by atoms with E-state index in [1.165, 1.54) is 0 Å². The molecule has 1 aliphatic rings. The lowest BCUT2D eigenvalue weighted by Crippen LogP contribution is -2.46. The summed E-state index contributed by atoms with van der Waals surface area (Å²) in [6.07, 6.45) is 0.259. The van der Waals surface area contributed by atoms with E-state index < -0.39 is 5.92 Å². The zero-order chi connectivity index (χ0) is 13.5. The van der Waals surface area contributed by atoms with Gasteiger partial charge in [0.15, 0.2) is 0 Å². The van der Waals surface area contributed by atoms with Crippen molar-refractivity contribution >= 4 is 6.47 Å². The summed E-state index contributed by atoms with van der Waals surface area (Å²) in [5, 5.41) is 11.1. The molecule has 0 saturated carbocycles. The van der Waals surface area contributed by atoms with Gasteiger partial charge >= 0.3 is 0 Å². The summed E-state index contributed by atoms with van der Waals surface area (Å²) in [7, 11) is 0. The van der Waals surface area contributed by atoms with Gasteiger partial charge in [0.1, 0.15) is 5.60 Å². The van der Waals surface area contributed by atoms with Crippen LogP contribution in [0.3, 0.4) is 0 Å². The number of hydrogen-bond donors (Lipinski definition) is 2. The molecule has 0 aromatic heterocycles. The summed E-state index contributed by atoms with van der Waals surface area (Å²) in [5.74, 6) is -2.56. The van der Waals surface area contributed by atoms with Crippen molar-refractivity contribution in [2.75, 3.05) is 13.2 Å². The molecule has 0 aromatic carbocycles. The van der Waals surface area contributed by atoms with Gasteiger partial charge in [-0.1, -0.05) is 0 Å². The Kier molecular flexibility index (Phi) is 6.56. The fourth-order valence-corrected chi connectivity index (χ4v) is 1.17. The molecule has 1 fully saturated rings. The molecule has 0 radical (unpaired) electrons. The number of carbonyl (C=O) groups excluding carboxylic acids is 1. The number of aliphatic hydroxyl groups excluding tert-OH is 1. The zero-order valence-electron chi connectivity index (χ0n) is 10.5. The van der Waals surface area contributed by atoms with Crippen molar-refractivity contribution in [3.8, 4) is 0 Å². The number of alkyl halides is 2. The van der Waals surface area contributed by atoms with E-state index in [4.69, 9.17) is 5.11 Å². The molecule has 1 rings (SSSR count). The molecule has 0 amide bonds. The lowest BCUT2D eigenvalue weighted by atomic mass is 10.0. The highest BCUT2D eigenvalue weighted by molar-refractivity contribution is 5.37. The monoisotopic (exact) mass is 253 g/mol. The lowest BCUT2D eigenvalue weighted by Gasteiger charge is -2.28. The second-order valence-electron chi connectivity index (χ2n) is 4.98. The predicted molar refractivity (Wildman–Crippen MR) is 60.0 cm³/mol. The molecule has 0 aromatic rings. The maximum Gasteiger partial charge on any atom is 0.293 e. The Morgan fingerprint density at radius 3 is 2.35 bits per heavy atom. The summed E-state index contributed by atoms with van der Waals surface area (Å²) < 4.78 is 29.3. The minimum Gasteiger partial charge on any atom is -0.462 e. The van der Waals surface area contributed by atoms with Crippen LogP contribution in [0.4, 0.5) is 8.78 Å². The summed E-state index contributed by atoms with van der Waals surface area (Å²) in [4.78, 5) is 9.60. The van der Waals surface area contributed by atoms with Gasteiger partial charge in [-0.25, -0.2) is 8.78 Å². The van der Waals surface area contributed by atoms with Gasteiger partial charge < -0.3 is 15.2 Å². The van der Waals surface area contributed by atoms with E-state index in [0.29, 0.717) is 12.9 Å². The molecule has 0 unspecified atom stereocenters. The third-order valence-corrected chi connectivity index (χ3v) is 2.13. The Labute approximate surface area is 100 Å². The van der Waals surface area contributed by atoms with Crippen LogP contribution in [-0.4, -0.2) is 42.3 Å². The van der Waals surface area contributed by atoms with Gasteiger partial charge in [0.05, 0.1) is 13.2 Å². The van der Waals surface area contributed by atoms with Gasteiger partial charge in [-0.2, -0.15) is 0 Å². The molecule has 1 heterocycles. The van der Waals surface area contributed by atoms with E-state index in [9.17, 15) is 13.6 Å². The van der Waals surface area contributed by atoms with Crippen LogP contribution in [0, 0.1) is 0 Å². The number of nitrogens with one attached hydrogen (secondary N) is 1. The van der Waals surface area contributed by atoms with Gasteiger partial charge in [-0.15, -0.1) is 0 Å². The minimum absolute atomic E-state index is 0.0456. The maximum absolute atomic E-state index is 12.4. The molecule has 0 spiro atoms. The van der Waals surface area contributed by atoms with Crippen molar-refractivity contribution in [3.05, 3.63) is 0 Å². The van der Waals surface area contributed by atoms with E-state index in [0.717, 1.165) is 0 Å². The average molecular weight is 253 g/mol. The zero-order valence-corrected chi connectivity index (χ0v) is 10.5. The second-order valence-corrected chi connectivity index (χ2v) is 4.98. The molecule has 4 nitrogen and oxygen atoms in total. The van der Waals surface area contributed by atoms with E-state index in [2.05, 4.69) is 10.1 Å². The summed E-state index contributed by atoms with van der Waals surface area (Å²) in [6.45, 7) is 5.58. The van der Waals surface area contributed by atoms with Crippen LogP contribution in [-0.2, 0) is 9.53 Å². The molecule has 102 valence electrons. The SMILES string of the molecule is CC(C)(C)OC=O.OC[C@@H]1CCC(F)(F)CN1. The van der Waals surface area contributed by atoms with Crippen molar-refractivity contribution in [1.29, 1.82) is 0 Å². The third kappa shape index (κ3) is 9.00. The first kappa shape index (κ1) is 16.2. The number of halogens is 2. The molecular formula is C11H21F2NO3. The van der Waals surface area contributed by atoms with E-state index >= 15 is 0 Å². The number of carbonyl (C=O) groups is 1. The van der Waals surface area contributed by atoms with Gasteiger partial charge in [0.2, 0.25) is 0 Å². The van der Waals surface area contributed by atoms with Crippen LogP contribution in [0.2, 0.25) is 0 Å². The predicted octanol–water partition coefficient (Wildman–Crippen LogP) is 1.32. The first-order valence-electron chi connectivity index (χ1n) is 5.54. The standard InChI is InChI=1S/C6H11F2NO.C5H10O2/c7-6(8)2-1-5(3-10)9-4-6;1-5(2,3)7-4-6/h5,9-10H,1-4H2;4H,1-3H3/t5-;/m0./s1. The fraction of sp³-hybridized carbons (Fsp3) is 0.909. The molecule has 17 heavy (non-hydrogen) atoms. The topological polar surface area (TPSA) is 58.6 Å². The van der Waals surface area contributed by atoms with Crippen LogP contribution in [0.15, 0.2) is 0 Å². The van der Waals surface area contributed by atoms with Crippen LogP contribution in [0.25, 0.3) is 0 Å². The van der Waals surface area contributed by atoms with Crippen molar-refractivity contribution in [1.82, 2.24) is 5.32 Å². The Balaban J connectivity index is 0.000000325. The van der Waals surface area contributed by atoms with E-state index in [-0.39, 0.29) is 31.2 Å². The number of piperidine rings is 1.